The van der Waals surface area contributed by atoms with Gasteiger partial charge in [-0.3, -0.25) is 0 Å². The van der Waals surface area contributed by atoms with Gasteiger partial charge in [0.15, 0.2) is 0 Å². The van der Waals surface area contributed by atoms with E-state index in [1.54, 1.807) is 0 Å². The van der Waals surface area contributed by atoms with Crippen molar-refractivity contribution in [3.05, 3.63) is 35.9 Å². The summed E-state index contributed by atoms with van der Waals surface area (Å²) < 4.78 is 4.73. The minimum absolute atomic E-state index is 0.292. The summed E-state index contributed by atoms with van der Waals surface area (Å²) in [6.07, 6.45) is 1.40. The van der Waals surface area contributed by atoms with Gasteiger partial charge in [-0.2, -0.15) is 0 Å². The molecule has 0 aromatic heterocycles. The van der Waals surface area contributed by atoms with Crippen LogP contribution in [0.4, 0.5) is 4.79 Å². The maximum atomic E-state index is 11.5. The van der Waals surface area contributed by atoms with Crippen LogP contribution >= 0.6 is 0 Å². The summed E-state index contributed by atoms with van der Waals surface area (Å²) in [7, 11) is 1.40. The quantitative estimate of drug-likeness (QED) is 0.817. The molecule has 1 fully saturated rings. The molecule has 0 radical (unpaired) electrons. The lowest BCUT2D eigenvalue weighted by molar-refractivity contribution is 0.145. The van der Waals surface area contributed by atoms with Gasteiger partial charge in [0.25, 0.3) is 0 Å². The van der Waals surface area contributed by atoms with E-state index in [1.165, 1.54) is 7.11 Å². The van der Waals surface area contributed by atoms with Crippen LogP contribution in [0.15, 0.2) is 30.3 Å². The third-order valence-electron chi connectivity index (χ3n) is 3.31. The van der Waals surface area contributed by atoms with Crippen molar-refractivity contribution < 1.29 is 9.53 Å². The number of carbonyl (C=O) groups is 1. The van der Waals surface area contributed by atoms with Crippen molar-refractivity contribution >= 4 is 6.09 Å². The van der Waals surface area contributed by atoms with E-state index >= 15 is 0 Å². The maximum Gasteiger partial charge on any atom is 0.407 e. The zero-order valence-electron chi connectivity index (χ0n) is 10.0. The second-order valence-corrected chi connectivity index (χ2v) is 4.31. The molecule has 17 heavy (non-hydrogen) atoms. The number of carbonyl (C=O) groups excluding carboxylic acids is 1. The van der Waals surface area contributed by atoms with Gasteiger partial charge in [0.1, 0.15) is 0 Å². The first-order chi connectivity index (χ1) is 8.27. The first-order valence-electron chi connectivity index (χ1n) is 5.89. The van der Waals surface area contributed by atoms with Crippen molar-refractivity contribution in [3.63, 3.8) is 0 Å². The highest BCUT2D eigenvalue weighted by Crippen LogP contribution is 2.30. The van der Waals surface area contributed by atoms with Crippen LogP contribution in [0.1, 0.15) is 18.4 Å². The van der Waals surface area contributed by atoms with Crippen LogP contribution in [0.25, 0.3) is 0 Å². The molecule has 0 atom stereocenters. The van der Waals surface area contributed by atoms with E-state index in [-0.39, 0.29) is 11.6 Å². The summed E-state index contributed by atoms with van der Waals surface area (Å²) in [5.74, 6) is 0. The standard InChI is InChI=1S/C13H18N2O2/c1-17-12(16)15-13(7-9-14-10-8-13)11-5-3-2-4-6-11/h2-6,14H,7-10H2,1H3,(H,15,16). The second kappa shape index (κ2) is 5.19. The Bertz CT molecular complexity index is 372. The van der Waals surface area contributed by atoms with Crippen LogP contribution in [-0.2, 0) is 10.3 Å². The monoisotopic (exact) mass is 234 g/mol. The molecule has 0 saturated carbocycles. The lowest BCUT2D eigenvalue weighted by Crippen LogP contribution is -2.52. The highest BCUT2D eigenvalue weighted by Gasteiger charge is 2.35. The van der Waals surface area contributed by atoms with E-state index in [0.29, 0.717) is 0 Å². The van der Waals surface area contributed by atoms with Crippen LogP contribution in [0, 0.1) is 0 Å². The molecule has 4 heteroatoms. The van der Waals surface area contributed by atoms with E-state index in [9.17, 15) is 4.79 Å². The molecule has 0 spiro atoms. The minimum atomic E-state index is -0.365. The first-order valence-corrected chi connectivity index (χ1v) is 5.89. The molecule has 4 nitrogen and oxygen atoms in total. The largest absolute Gasteiger partial charge is 0.453 e. The smallest absolute Gasteiger partial charge is 0.407 e. The summed E-state index contributed by atoms with van der Waals surface area (Å²) in [6, 6.07) is 10.1. The Hall–Kier alpha value is -1.55. The van der Waals surface area contributed by atoms with Crippen LogP contribution < -0.4 is 10.6 Å². The van der Waals surface area contributed by atoms with E-state index in [0.717, 1.165) is 31.5 Å². The average Bonchev–Trinajstić information content (AvgIpc) is 2.40. The molecule has 1 aliphatic heterocycles. The average molecular weight is 234 g/mol. The number of alkyl carbamates (subject to hydrolysis) is 1. The minimum Gasteiger partial charge on any atom is -0.453 e. The van der Waals surface area contributed by atoms with Gasteiger partial charge < -0.3 is 15.4 Å². The highest BCUT2D eigenvalue weighted by atomic mass is 16.5. The second-order valence-electron chi connectivity index (χ2n) is 4.31. The third-order valence-corrected chi connectivity index (χ3v) is 3.31. The van der Waals surface area contributed by atoms with E-state index in [4.69, 9.17) is 4.74 Å². The fourth-order valence-electron chi connectivity index (χ4n) is 2.34. The SMILES string of the molecule is COC(=O)NC1(c2ccccc2)CCNCC1. The van der Waals surface area contributed by atoms with Crippen LogP contribution in [-0.4, -0.2) is 26.3 Å². The molecule has 1 amide bonds. The molecule has 1 aromatic rings. The predicted octanol–water partition coefficient (Wildman–Crippen LogP) is 1.62. The van der Waals surface area contributed by atoms with Crippen LogP contribution in [0.3, 0.4) is 0 Å². The third kappa shape index (κ3) is 2.58. The van der Waals surface area contributed by atoms with Gasteiger partial charge in [-0.05, 0) is 31.5 Å². The summed E-state index contributed by atoms with van der Waals surface area (Å²) in [5, 5.41) is 6.31. The van der Waals surface area contributed by atoms with Crippen molar-refractivity contribution in [1.29, 1.82) is 0 Å². The summed E-state index contributed by atoms with van der Waals surface area (Å²) in [4.78, 5) is 11.5. The van der Waals surface area contributed by atoms with E-state index in [2.05, 4.69) is 22.8 Å². The zero-order chi connectivity index (χ0) is 12.1. The molecule has 0 bridgehead atoms. The number of methoxy groups -OCH3 is 1. The van der Waals surface area contributed by atoms with Crippen molar-refractivity contribution in [2.45, 2.75) is 18.4 Å². The van der Waals surface area contributed by atoms with Crippen molar-refractivity contribution in [3.8, 4) is 0 Å². The Kier molecular flexibility index (Phi) is 3.64. The fourth-order valence-corrected chi connectivity index (χ4v) is 2.34. The van der Waals surface area contributed by atoms with Crippen LogP contribution in [0.5, 0.6) is 0 Å². The Labute approximate surface area is 101 Å². The predicted molar refractivity (Wildman–Crippen MR) is 65.8 cm³/mol. The summed E-state index contributed by atoms with van der Waals surface area (Å²) >= 11 is 0. The van der Waals surface area contributed by atoms with Gasteiger partial charge in [-0.25, -0.2) is 4.79 Å². The first kappa shape index (κ1) is 11.9. The molecule has 0 aliphatic carbocycles. The number of nitrogens with one attached hydrogen (secondary N) is 2. The van der Waals surface area contributed by atoms with Crippen molar-refractivity contribution in [2.75, 3.05) is 20.2 Å². The Balaban J connectivity index is 2.26. The molecular weight excluding hydrogens is 216 g/mol. The highest BCUT2D eigenvalue weighted by molar-refractivity contribution is 5.68. The number of hydrogen-bond acceptors (Lipinski definition) is 3. The number of ether oxygens (including phenoxy) is 1. The topological polar surface area (TPSA) is 50.4 Å². The van der Waals surface area contributed by atoms with E-state index < -0.39 is 0 Å². The Morgan fingerprint density at radius 1 is 1.29 bits per heavy atom. The lowest BCUT2D eigenvalue weighted by atomic mass is 9.81. The molecule has 1 heterocycles. The van der Waals surface area contributed by atoms with Crippen molar-refractivity contribution in [2.24, 2.45) is 0 Å². The van der Waals surface area contributed by atoms with Gasteiger partial charge in [-0.15, -0.1) is 0 Å². The van der Waals surface area contributed by atoms with Crippen LogP contribution in [0.2, 0.25) is 0 Å². The van der Waals surface area contributed by atoms with Gasteiger partial charge in [0, 0.05) is 0 Å². The molecule has 2 N–H and O–H groups in total. The number of piperidine rings is 1. The molecule has 2 rings (SSSR count). The molecule has 0 unspecified atom stereocenters. The number of rotatable bonds is 2. The van der Waals surface area contributed by atoms with Gasteiger partial charge in [0.05, 0.1) is 12.6 Å². The number of amides is 1. The molecule has 1 aromatic carbocycles. The Morgan fingerprint density at radius 3 is 2.53 bits per heavy atom. The maximum absolute atomic E-state index is 11.5. The molecule has 1 aliphatic rings. The molecular formula is C13H18N2O2. The molecule has 1 saturated heterocycles. The lowest BCUT2D eigenvalue weighted by Gasteiger charge is -2.38. The van der Waals surface area contributed by atoms with Gasteiger partial charge >= 0.3 is 6.09 Å². The van der Waals surface area contributed by atoms with E-state index in [1.807, 2.05) is 18.2 Å². The normalized spacial score (nSPS) is 18.4. The molecule has 92 valence electrons. The summed E-state index contributed by atoms with van der Waals surface area (Å²) in [6.45, 7) is 1.80. The van der Waals surface area contributed by atoms with Gasteiger partial charge in [-0.1, -0.05) is 30.3 Å². The number of benzene rings is 1. The summed E-state index contributed by atoms with van der Waals surface area (Å²) in [5.41, 5.74) is 0.853. The van der Waals surface area contributed by atoms with Gasteiger partial charge in [0.2, 0.25) is 0 Å². The Morgan fingerprint density at radius 2 is 1.94 bits per heavy atom. The fraction of sp³-hybridized carbons (Fsp3) is 0.462. The number of hydrogen-bond donors (Lipinski definition) is 2. The van der Waals surface area contributed by atoms with Crippen molar-refractivity contribution in [1.82, 2.24) is 10.6 Å². The zero-order valence-corrected chi connectivity index (χ0v) is 10.0.